The number of carbonyl (C=O) groups is 1. The maximum atomic E-state index is 12.4. The lowest BCUT2D eigenvalue weighted by atomic mass is 9.74. The minimum atomic E-state index is 0.186. The lowest BCUT2D eigenvalue weighted by molar-refractivity contribution is 0.0677. The van der Waals surface area contributed by atoms with E-state index in [4.69, 9.17) is 0 Å². The molecule has 3 heterocycles. The number of para-hydroxylation sites is 1. The Labute approximate surface area is 128 Å². The van der Waals surface area contributed by atoms with Crippen LogP contribution in [0.25, 0.3) is 0 Å². The Hall–Kier alpha value is -1.81. The molecule has 1 N–H and O–H groups in total. The fourth-order valence-electron chi connectivity index (χ4n) is 3.61. The van der Waals surface area contributed by atoms with Crippen molar-refractivity contribution < 1.29 is 4.79 Å². The molecule has 0 bridgehead atoms. The Morgan fingerprint density at radius 2 is 2.00 bits per heavy atom. The van der Waals surface area contributed by atoms with Gasteiger partial charge in [-0.25, -0.2) is 0 Å². The van der Waals surface area contributed by atoms with Gasteiger partial charge in [-0.1, -0.05) is 18.2 Å². The average molecular weight is 298 g/mol. The van der Waals surface area contributed by atoms with Crippen LogP contribution in [-0.4, -0.2) is 30.4 Å². The second-order valence-electron chi connectivity index (χ2n) is 5.98. The summed E-state index contributed by atoms with van der Waals surface area (Å²) in [5.41, 5.74) is 3.77. The van der Waals surface area contributed by atoms with E-state index in [0.29, 0.717) is 0 Å². The molecule has 2 aliphatic heterocycles. The van der Waals surface area contributed by atoms with Crippen LogP contribution in [0.4, 0.5) is 5.69 Å². The summed E-state index contributed by atoms with van der Waals surface area (Å²) in [6, 6.07) is 10.5. The molecule has 4 rings (SSSR count). The summed E-state index contributed by atoms with van der Waals surface area (Å²) < 4.78 is 0. The molecule has 2 aromatic rings. The van der Waals surface area contributed by atoms with Gasteiger partial charge in [-0.3, -0.25) is 4.79 Å². The van der Waals surface area contributed by atoms with E-state index in [1.807, 2.05) is 21.7 Å². The zero-order valence-corrected chi connectivity index (χ0v) is 12.7. The number of fused-ring (bicyclic) bond motifs is 2. The summed E-state index contributed by atoms with van der Waals surface area (Å²) in [4.78, 5) is 14.4. The first-order chi connectivity index (χ1) is 10.3. The number of nitrogens with one attached hydrogen (secondary N) is 1. The van der Waals surface area contributed by atoms with Crippen LogP contribution in [0.15, 0.2) is 41.1 Å². The molecule has 108 valence electrons. The summed E-state index contributed by atoms with van der Waals surface area (Å²) in [7, 11) is 0. The van der Waals surface area contributed by atoms with Crippen LogP contribution in [-0.2, 0) is 5.41 Å². The normalized spacial score (nSPS) is 19.3. The number of benzene rings is 1. The number of nitrogens with zero attached hydrogens (tertiary/aromatic N) is 1. The van der Waals surface area contributed by atoms with Crippen LogP contribution in [0.2, 0.25) is 0 Å². The molecule has 4 heteroatoms. The first-order valence-electron chi connectivity index (χ1n) is 7.43. The molecule has 1 aromatic carbocycles. The van der Waals surface area contributed by atoms with Crippen molar-refractivity contribution in [3.8, 4) is 0 Å². The number of piperidine rings is 1. The average Bonchev–Trinajstić information content (AvgIpc) is 3.17. The Morgan fingerprint density at radius 1 is 1.19 bits per heavy atom. The lowest BCUT2D eigenvalue weighted by Gasteiger charge is -2.39. The van der Waals surface area contributed by atoms with E-state index in [-0.39, 0.29) is 11.3 Å². The standard InChI is InChI=1S/C17H18N2OS/c20-16(13-5-10-21-11-13)19-8-6-17(7-9-19)12-18-15-4-2-1-3-14(15)17/h1-5,10-11,18H,6-9,12H2. The van der Waals surface area contributed by atoms with Crippen molar-refractivity contribution in [3.63, 3.8) is 0 Å². The van der Waals surface area contributed by atoms with Gasteiger partial charge in [-0.2, -0.15) is 11.3 Å². The smallest absolute Gasteiger partial charge is 0.254 e. The molecule has 0 unspecified atom stereocenters. The summed E-state index contributed by atoms with van der Waals surface area (Å²) in [6.07, 6.45) is 2.10. The third-order valence-corrected chi connectivity index (χ3v) is 5.57. The Balaban J connectivity index is 1.52. The van der Waals surface area contributed by atoms with E-state index in [0.717, 1.165) is 38.0 Å². The lowest BCUT2D eigenvalue weighted by Crippen LogP contribution is -2.46. The number of hydrogen-bond acceptors (Lipinski definition) is 3. The van der Waals surface area contributed by atoms with Crippen molar-refractivity contribution in [1.29, 1.82) is 0 Å². The molecule has 2 aliphatic rings. The first-order valence-corrected chi connectivity index (χ1v) is 8.38. The molecule has 0 saturated carbocycles. The fraction of sp³-hybridized carbons (Fsp3) is 0.353. The molecule has 1 saturated heterocycles. The van der Waals surface area contributed by atoms with E-state index in [1.165, 1.54) is 11.3 Å². The molecule has 0 aliphatic carbocycles. The van der Waals surface area contributed by atoms with Gasteiger partial charge < -0.3 is 10.2 Å². The molecule has 1 fully saturated rings. The minimum Gasteiger partial charge on any atom is -0.384 e. The van der Waals surface area contributed by atoms with E-state index < -0.39 is 0 Å². The zero-order valence-electron chi connectivity index (χ0n) is 11.8. The van der Waals surface area contributed by atoms with Gasteiger partial charge in [0.1, 0.15) is 0 Å². The van der Waals surface area contributed by atoms with Crippen molar-refractivity contribution in [2.45, 2.75) is 18.3 Å². The third kappa shape index (κ3) is 2.05. The molecule has 21 heavy (non-hydrogen) atoms. The number of anilines is 1. The SMILES string of the molecule is O=C(c1ccsc1)N1CCC2(CC1)CNc1ccccc12. The van der Waals surface area contributed by atoms with Crippen molar-refractivity contribution in [3.05, 3.63) is 52.2 Å². The second-order valence-corrected chi connectivity index (χ2v) is 6.76. The van der Waals surface area contributed by atoms with E-state index >= 15 is 0 Å². The number of hydrogen-bond donors (Lipinski definition) is 1. The van der Waals surface area contributed by atoms with Crippen LogP contribution in [0.5, 0.6) is 0 Å². The predicted molar refractivity (Wildman–Crippen MR) is 86.1 cm³/mol. The second kappa shape index (κ2) is 4.88. The topological polar surface area (TPSA) is 32.3 Å². The van der Waals surface area contributed by atoms with Gasteiger partial charge in [0.25, 0.3) is 5.91 Å². The van der Waals surface area contributed by atoms with Crippen molar-refractivity contribution in [2.75, 3.05) is 25.0 Å². The molecule has 1 spiro atoms. The van der Waals surface area contributed by atoms with Gasteiger partial charge in [-0.15, -0.1) is 0 Å². The van der Waals surface area contributed by atoms with Gasteiger partial charge in [0.2, 0.25) is 0 Å². The highest BCUT2D eigenvalue weighted by atomic mass is 32.1. The maximum absolute atomic E-state index is 12.4. The van der Waals surface area contributed by atoms with Crippen molar-refractivity contribution in [1.82, 2.24) is 4.90 Å². The number of rotatable bonds is 1. The highest BCUT2D eigenvalue weighted by Gasteiger charge is 2.42. The van der Waals surface area contributed by atoms with Gasteiger partial charge in [0, 0.05) is 36.1 Å². The van der Waals surface area contributed by atoms with Crippen LogP contribution in [0.3, 0.4) is 0 Å². The minimum absolute atomic E-state index is 0.186. The molecule has 3 nitrogen and oxygen atoms in total. The monoisotopic (exact) mass is 298 g/mol. The van der Waals surface area contributed by atoms with Crippen molar-refractivity contribution in [2.24, 2.45) is 0 Å². The summed E-state index contributed by atoms with van der Waals surface area (Å²) in [5, 5.41) is 7.44. The van der Waals surface area contributed by atoms with Gasteiger partial charge in [0.15, 0.2) is 0 Å². The molecule has 1 aromatic heterocycles. The van der Waals surface area contributed by atoms with Crippen LogP contribution >= 0.6 is 11.3 Å². The molecule has 0 atom stereocenters. The van der Waals surface area contributed by atoms with E-state index in [2.05, 4.69) is 29.6 Å². The Morgan fingerprint density at radius 3 is 2.76 bits per heavy atom. The number of likely N-dealkylation sites (tertiary alicyclic amines) is 1. The molecular weight excluding hydrogens is 280 g/mol. The summed E-state index contributed by atoms with van der Waals surface area (Å²) in [5.74, 6) is 0.186. The third-order valence-electron chi connectivity index (χ3n) is 4.89. The summed E-state index contributed by atoms with van der Waals surface area (Å²) >= 11 is 1.58. The number of amides is 1. The number of carbonyl (C=O) groups excluding carboxylic acids is 1. The Kier molecular flexibility index (Phi) is 3.00. The Bertz CT molecular complexity index is 657. The van der Waals surface area contributed by atoms with Crippen LogP contribution in [0.1, 0.15) is 28.8 Å². The first kappa shape index (κ1) is 12.9. The van der Waals surface area contributed by atoms with Gasteiger partial charge in [-0.05, 0) is 35.9 Å². The maximum Gasteiger partial charge on any atom is 0.254 e. The summed E-state index contributed by atoms with van der Waals surface area (Å²) in [6.45, 7) is 2.71. The fourth-order valence-corrected chi connectivity index (χ4v) is 4.24. The van der Waals surface area contributed by atoms with E-state index in [1.54, 1.807) is 11.3 Å². The predicted octanol–water partition coefficient (Wildman–Crippen LogP) is 3.35. The van der Waals surface area contributed by atoms with Gasteiger partial charge in [0.05, 0.1) is 5.56 Å². The molecule has 0 radical (unpaired) electrons. The quantitative estimate of drug-likeness (QED) is 0.875. The highest BCUT2D eigenvalue weighted by Crippen LogP contribution is 2.43. The zero-order chi connectivity index (χ0) is 14.3. The largest absolute Gasteiger partial charge is 0.384 e. The highest BCUT2D eigenvalue weighted by molar-refractivity contribution is 7.08. The molecular formula is C17H18N2OS. The number of thiophene rings is 1. The molecule has 1 amide bonds. The van der Waals surface area contributed by atoms with Crippen LogP contribution in [0, 0.1) is 0 Å². The van der Waals surface area contributed by atoms with Crippen molar-refractivity contribution >= 4 is 22.9 Å². The van der Waals surface area contributed by atoms with Gasteiger partial charge >= 0.3 is 0 Å². The van der Waals surface area contributed by atoms with Crippen LogP contribution < -0.4 is 5.32 Å². The van der Waals surface area contributed by atoms with E-state index in [9.17, 15) is 4.79 Å².